The summed E-state index contributed by atoms with van der Waals surface area (Å²) in [6, 6.07) is 8.13. The second-order valence-electron chi connectivity index (χ2n) is 5.15. The van der Waals surface area contributed by atoms with E-state index < -0.39 is 0 Å². The first-order valence-electron chi connectivity index (χ1n) is 7.11. The first kappa shape index (κ1) is 14.2. The molecule has 1 aromatic heterocycles. The summed E-state index contributed by atoms with van der Waals surface area (Å²) in [5, 5.41) is 9.68. The van der Waals surface area contributed by atoms with Crippen LogP contribution in [0, 0.1) is 0 Å². The van der Waals surface area contributed by atoms with E-state index in [0.29, 0.717) is 5.92 Å². The first-order valence-corrected chi connectivity index (χ1v) is 8.10. The average molecular weight is 301 g/mol. The molecule has 3 rings (SSSR count). The van der Waals surface area contributed by atoms with Gasteiger partial charge < -0.3 is 9.30 Å². The van der Waals surface area contributed by atoms with Gasteiger partial charge >= 0.3 is 0 Å². The summed E-state index contributed by atoms with van der Waals surface area (Å²) < 4.78 is 7.45. The lowest BCUT2D eigenvalue weighted by atomic mass is 10.2. The highest BCUT2D eigenvalue weighted by atomic mass is 32.2. The quantitative estimate of drug-likeness (QED) is 0.578. The zero-order valence-electron chi connectivity index (χ0n) is 12.2. The number of aromatic nitrogens is 3. The van der Waals surface area contributed by atoms with Crippen molar-refractivity contribution < 1.29 is 4.74 Å². The number of hydrogen-bond donors (Lipinski definition) is 0. The van der Waals surface area contributed by atoms with E-state index in [1.807, 2.05) is 18.2 Å². The number of thioether (sulfide) groups is 1. The fourth-order valence-electron chi connectivity index (χ4n) is 2.26. The second kappa shape index (κ2) is 6.35. The first-order chi connectivity index (χ1) is 10.3. The molecule has 1 heterocycles. The van der Waals surface area contributed by atoms with Gasteiger partial charge in [0.2, 0.25) is 0 Å². The maximum atomic E-state index is 5.26. The third-order valence-corrected chi connectivity index (χ3v) is 4.54. The zero-order chi connectivity index (χ0) is 14.7. The van der Waals surface area contributed by atoms with E-state index in [2.05, 4.69) is 33.5 Å². The molecule has 1 aliphatic carbocycles. The van der Waals surface area contributed by atoms with Crippen LogP contribution in [0.15, 0.2) is 42.1 Å². The van der Waals surface area contributed by atoms with E-state index in [4.69, 9.17) is 4.74 Å². The predicted octanol–water partition coefficient (Wildman–Crippen LogP) is 3.64. The normalized spacial score (nSPS) is 14.1. The van der Waals surface area contributed by atoms with Gasteiger partial charge in [0.25, 0.3) is 0 Å². The summed E-state index contributed by atoms with van der Waals surface area (Å²) in [6.45, 7) is 4.61. The SMILES string of the molecule is C=CCn1c(SCc2cccc(OC)c2)nnc1C1CC1. The lowest BCUT2D eigenvalue weighted by Crippen LogP contribution is -2.02. The van der Waals surface area contributed by atoms with Crippen LogP contribution in [0.25, 0.3) is 0 Å². The number of nitrogens with zero attached hydrogens (tertiary/aromatic N) is 3. The Morgan fingerprint density at radius 1 is 1.43 bits per heavy atom. The maximum Gasteiger partial charge on any atom is 0.191 e. The van der Waals surface area contributed by atoms with Gasteiger partial charge in [0.05, 0.1) is 7.11 Å². The molecule has 0 bridgehead atoms. The number of hydrogen-bond acceptors (Lipinski definition) is 4. The highest BCUT2D eigenvalue weighted by Gasteiger charge is 2.30. The minimum absolute atomic E-state index is 0.601. The highest BCUT2D eigenvalue weighted by molar-refractivity contribution is 7.98. The van der Waals surface area contributed by atoms with Crippen LogP contribution in [0.1, 0.15) is 30.1 Å². The Balaban J connectivity index is 1.73. The Morgan fingerprint density at radius 3 is 3.00 bits per heavy atom. The Bertz CT molecular complexity index is 634. The number of rotatable bonds is 7. The third kappa shape index (κ3) is 3.29. The van der Waals surface area contributed by atoms with Crippen LogP contribution in [0.2, 0.25) is 0 Å². The van der Waals surface area contributed by atoms with Gasteiger partial charge in [0.1, 0.15) is 11.6 Å². The number of methoxy groups -OCH3 is 1. The standard InChI is InChI=1S/C16H19N3OS/c1-3-9-19-15(13-7-8-13)17-18-16(19)21-11-12-5-4-6-14(10-12)20-2/h3-6,10,13H,1,7-9,11H2,2H3. The summed E-state index contributed by atoms with van der Waals surface area (Å²) in [7, 11) is 1.69. The molecule has 0 atom stereocenters. The Morgan fingerprint density at radius 2 is 2.29 bits per heavy atom. The highest BCUT2D eigenvalue weighted by Crippen LogP contribution is 2.40. The average Bonchev–Trinajstić information content (AvgIpc) is 3.28. The van der Waals surface area contributed by atoms with Crippen molar-refractivity contribution in [3.05, 3.63) is 48.3 Å². The predicted molar refractivity (Wildman–Crippen MR) is 84.7 cm³/mol. The zero-order valence-corrected chi connectivity index (χ0v) is 13.0. The summed E-state index contributed by atoms with van der Waals surface area (Å²) in [4.78, 5) is 0. The molecule has 5 heteroatoms. The van der Waals surface area contributed by atoms with Gasteiger partial charge in [-0.1, -0.05) is 30.0 Å². The third-order valence-electron chi connectivity index (χ3n) is 3.50. The Kier molecular flexibility index (Phi) is 4.29. The topological polar surface area (TPSA) is 39.9 Å². The monoisotopic (exact) mass is 301 g/mol. The Hall–Kier alpha value is -1.75. The summed E-state index contributed by atoms with van der Waals surface area (Å²) in [5.41, 5.74) is 1.22. The van der Waals surface area contributed by atoms with Crippen molar-refractivity contribution in [3.63, 3.8) is 0 Å². The van der Waals surface area contributed by atoms with Crippen LogP contribution in [0.5, 0.6) is 5.75 Å². The maximum absolute atomic E-state index is 5.26. The van der Waals surface area contributed by atoms with Crippen LogP contribution in [0.4, 0.5) is 0 Å². The van der Waals surface area contributed by atoms with Gasteiger partial charge in [-0.25, -0.2) is 0 Å². The fraction of sp³-hybridized carbons (Fsp3) is 0.375. The van der Waals surface area contributed by atoms with Gasteiger partial charge in [-0.15, -0.1) is 16.8 Å². The van der Waals surface area contributed by atoms with Gasteiger partial charge in [-0.3, -0.25) is 0 Å². The second-order valence-corrected chi connectivity index (χ2v) is 6.10. The van der Waals surface area contributed by atoms with Crippen molar-refractivity contribution in [2.75, 3.05) is 7.11 Å². The molecule has 21 heavy (non-hydrogen) atoms. The van der Waals surface area contributed by atoms with Crippen molar-refractivity contribution in [1.29, 1.82) is 0 Å². The number of allylic oxidation sites excluding steroid dienone is 1. The van der Waals surface area contributed by atoms with Gasteiger partial charge in [0.15, 0.2) is 5.16 Å². The number of benzene rings is 1. The van der Waals surface area contributed by atoms with Gasteiger partial charge in [-0.05, 0) is 30.5 Å². The molecule has 110 valence electrons. The molecule has 0 unspecified atom stereocenters. The van der Waals surface area contributed by atoms with Crippen molar-refractivity contribution in [2.45, 2.75) is 36.2 Å². The van der Waals surface area contributed by atoms with Crippen molar-refractivity contribution in [3.8, 4) is 5.75 Å². The van der Waals surface area contributed by atoms with E-state index in [0.717, 1.165) is 29.0 Å². The molecule has 2 aromatic rings. The lowest BCUT2D eigenvalue weighted by molar-refractivity contribution is 0.414. The molecule has 0 aliphatic heterocycles. The van der Waals surface area contributed by atoms with E-state index >= 15 is 0 Å². The molecular weight excluding hydrogens is 282 g/mol. The van der Waals surface area contributed by atoms with Crippen molar-refractivity contribution >= 4 is 11.8 Å². The van der Waals surface area contributed by atoms with Crippen molar-refractivity contribution in [2.24, 2.45) is 0 Å². The van der Waals surface area contributed by atoms with Crippen LogP contribution in [0.3, 0.4) is 0 Å². The molecule has 0 spiro atoms. The van der Waals surface area contributed by atoms with Crippen LogP contribution in [-0.2, 0) is 12.3 Å². The molecule has 0 amide bonds. The molecule has 1 aromatic carbocycles. The Labute approximate surface area is 129 Å². The molecule has 1 aliphatic rings. The van der Waals surface area contributed by atoms with Crippen LogP contribution in [-0.4, -0.2) is 21.9 Å². The molecule has 1 saturated carbocycles. The summed E-state index contributed by atoms with van der Waals surface area (Å²) >= 11 is 1.71. The van der Waals surface area contributed by atoms with E-state index in [-0.39, 0.29) is 0 Å². The molecule has 4 nitrogen and oxygen atoms in total. The minimum Gasteiger partial charge on any atom is -0.497 e. The lowest BCUT2D eigenvalue weighted by Gasteiger charge is -2.07. The van der Waals surface area contributed by atoms with Crippen LogP contribution >= 0.6 is 11.8 Å². The van der Waals surface area contributed by atoms with Gasteiger partial charge in [0, 0.05) is 18.2 Å². The molecule has 1 fully saturated rings. The number of ether oxygens (including phenoxy) is 1. The fourth-order valence-corrected chi connectivity index (χ4v) is 3.16. The smallest absolute Gasteiger partial charge is 0.191 e. The summed E-state index contributed by atoms with van der Waals surface area (Å²) in [5.74, 6) is 3.46. The van der Waals surface area contributed by atoms with Gasteiger partial charge in [-0.2, -0.15) is 0 Å². The molecule has 0 N–H and O–H groups in total. The van der Waals surface area contributed by atoms with E-state index in [1.165, 1.54) is 18.4 Å². The minimum atomic E-state index is 0.601. The van der Waals surface area contributed by atoms with E-state index in [9.17, 15) is 0 Å². The summed E-state index contributed by atoms with van der Waals surface area (Å²) in [6.07, 6.45) is 4.37. The molecule has 0 saturated heterocycles. The molecule has 0 radical (unpaired) electrons. The van der Waals surface area contributed by atoms with E-state index in [1.54, 1.807) is 18.9 Å². The van der Waals surface area contributed by atoms with Crippen molar-refractivity contribution in [1.82, 2.24) is 14.8 Å². The molecular formula is C16H19N3OS. The van der Waals surface area contributed by atoms with Crippen LogP contribution < -0.4 is 4.74 Å². The largest absolute Gasteiger partial charge is 0.497 e.